The summed E-state index contributed by atoms with van der Waals surface area (Å²) in [6.07, 6.45) is 9.42. The number of rotatable bonds is 4. The molecule has 0 fully saturated rings. The second-order valence-corrected chi connectivity index (χ2v) is 7.34. The van der Waals surface area contributed by atoms with E-state index in [9.17, 15) is 0 Å². The molecule has 0 spiro atoms. The van der Waals surface area contributed by atoms with E-state index in [0.717, 1.165) is 33.3 Å². The lowest BCUT2D eigenvalue weighted by atomic mass is 9.92. The van der Waals surface area contributed by atoms with Crippen molar-refractivity contribution < 1.29 is 4.74 Å². The Kier molecular flexibility index (Phi) is 4.85. The molecule has 1 atom stereocenters. The van der Waals surface area contributed by atoms with Gasteiger partial charge >= 0.3 is 0 Å². The number of halogens is 1. The van der Waals surface area contributed by atoms with E-state index < -0.39 is 0 Å². The number of fused-ring (bicyclic) bond motifs is 1. The zero-order valence-corrected chi connectivity index (χ0v) is 16.1. The minimum Gasteiger partial charge on any atom is -0.473 e. The first-order chi connectivity index (χ1) is 12.7. The molecule has 1 aliphatic heterocycles. The lowest BCUT2D eigenvalue weighted by Gasteiger charge is -2.21. The molecule has 1 aliphatic carbocycles. The van der Waals surface area contributed by atoms with Crippen molar-refractivity contribution in [1.82, 2.24) is 4.98 Å². The summed E-state index contributed by atoms with van der Waals surface area (Å²) in [7, 11) is 0. The molecule has 0 bridgehead atoms. The topological polar surface area (TPSA) is 34.5 Å². The number of aromatic nitrogens is 1. The average Bonchev–Trinajstić information content (AvgIpc) is 2.67. The maximum atomic E-state index is 5.83. The predicted octanol–water partition coefficient (Wildman–Crippen LogP) is 5.41. The zero-order chi connectivity index (χ0) is 17.9. The minimum atomic E-state index is 0.238. The molecule has 2 heterocycles. The third-order valence-corrected chi connectivity index (χ3v) is 5.09. The van der Waals surface area contributed by atoms with Crippen LogP contribution in [0.5, 0.6) is 5.88 Å². The number of aryl methyl sites for hydroxylation is 1. The Balaban J connectivity index is 1.53. The van der Waals surface area contributed by atoms with Gasteiger partial charge in [0.2, 0.25) is 5.88 Å². The Morgan fingerprint density at radius 1 is 1.12 bits per heavy atom. The third kappa shape index (κ3) is 3.70. The maximum Gasteiger partial charge on any atom is 0.213 e. The van der Waals surface area contributed by atoms with E-state index in [1.807, 2.05) is 49.5 Å². The quantitative estimate of drug-likeness (QED) is 0.679. The van der Waals surface area contributed by atoms with Crippen LogP contribution in [0.1, 0.15) is 23.2 Å². The smallest absolute Gasteiger partial charge is 0.213 e. The van der Waals surface area contributed by atoms with E-state index in [4.69, 9.17) is 9.73 Å². The molecule has 0 saturated heterocycles. The number of hydrogen-bond acceptors (Lipinski definition) is 3. The van der Waals surface area contributed by atoms with Crippen LogP contribution in [0.15, 0.2) is 75.7 Å². The summed E-state index contributed by atoms with van der Waals surface area (Å²) in [5.41, 5.74) is 5.49. The predicted molar refractivity (Wildman–Crippen MR) is 110 cm³/mol. The van der Waals surface area contributed by atoms with Crippen molar-refractivity contribution in [3.05, 3.63) is 87.6 Å². The number of dihydropyridines is 1. The summed E-state index contributed by atoms with van der Waals surface area (Å²) in [4.78, 5) is 9.31. The number of pyridine rings is 1. The molecule has 4 rings (SSSR count). The lowest BCUT2D eigenvalue weighted by Crippen LogP contribution is -2.14. The fourth-order valence-corrected chi connectivity index (χ4v) is 3.60. The van der Waals surface area contributed by atoms with E-state index in [0.29, 0.717) is 12.5 Å². The van der Waals surface area contributed by atoms with Crippen molar-refractivity contribution >= 4 is 27.7 Å². The SMILES string of the molecule is Cc1nc(OCc2ccccc2)ccc1C1=CC2=CC(Br)=CCC2N=C1. The third-order valence-electron chi connectivity index (χ3n) is 4.54. The first-order valence-electron chi connectivity index (χ1n) is 8.66. The molecule has 2 aliphatic rings. The molecule has 0 N–H and O–H groups in total. The Morgan fingerprint density at radius 3 is 2.77 bits per heavy atom. The van der Waals surface area contributed by atoms with Crippen molar-refractivity contribution in [2.45, 2.75) is 26.0 Å². The standard InChI is InChI=1S/C22H19BrN2O/c1-15-20(18-11-17-12-19(23)7-9-21(17)24-13-18)8-10-22(25-15)26-14-16-5-3-2-4-6-16/h2-8,10-13,21H,9,14H2,1H3. The van der Waals surface area contributed by atoms with Crippen molar-refractivity contribution in [2.24, 2.45) is 4.99 Å². The Labute approximate surface area is 162 Å². The van der Waals surface area contributed by atoms with Crippen LogP contribution < -0.4 is 4.74 Å². The van der Waals surface area contributed by atoms with Crippen LogP contribution >= 0.6 is 15.9 Å². The van der Waals surface area contributed by atoms with Gasteiger partial charge in [0.1, 0.15) is 6.61 Å². The number of nitrogens with zero attached hydrogens (tertiary/aromatic N) is 2. The van der Waals surface area contributed by atoms with Crippen molar-refractivity contribution in [1.29, 1.82) is 0 Å². The van der Waals surface area contributed by atoms with Crippen LogP contribution in [-0.4, -0.2) is 17.2 Å². The molecule has 1 aromatic heterocycles. The minimum absolute atomic E-state index is 0.238. The highest BCUT2D eigenvalue weighted by atomic mass is 79.9. The van der Waals surface area contributed by atoms with Crippen LogP contribution in [-0.2, 0) is 6.61 Å². The first-order valence-corrected chi connectivity index (χ1v) is 9.45. The number of allylic oxidation sites excluding steroid dienone is 3. The van der Waals surface area contributed by atoms with E-state index in [1.165, 1.54) is 5.57 Å². The van der Waals surface area contributed by atoms with Crippen molar-refractivity contribution in [3.63, 3.8) is 0 Å². The van der Waals surface area contributed by atoms with Crippen LogP contribution in [0, 0.1) is 6.92 Å². The molecule has 2 aromatic rings. The van der Waals surface area contributed by atoms with Gasteiger partial charge in [0.05, 0.1) is 6.04 Å². The van der Waals surface area contributed by atoms with Crippen LogP contribution in [0.4, 0.5) is 0 Å². The van der Waals surface area contributed by atoms with Gasteiger partial charge in [-0.25, -0.2) is 4.98 Å². The lowest BCUT2D eigenvalue weighted by molar-refractivity contribution is 0.293. The summed E-state index contributed by atoms with van der Waals surface area (Å²) in [5, 5.41) is 0. The fourth-order valence-electron chi connectivity index (χ4n) is 3.15. The van der Waals surface area contributed by atoms with Gasteiger partial charge in [0.25, 0.3) is 0 Å². The number of aliphatic imine (C=N–C) groups is 1. The number of hydrogen-bond donors (Lipinski definition) is 0. The molecule has 1 aromatic carbocycles. The van der Waals surface area contributed by atoms with Gasteiger partial charge in [-0.15, -0.1) is 0 Å². The highest BCUT2D eigenvalue weighted by Gasteiger charge is 2.19. The summed E-state index contributed by atoms with van der Waals surface area (Å²) >= 11 is 3.56. The fraction of sp³-hybridized carbons (Fsp3) is 0.182. The van der Waals surface area contributed by atoms with Crippen LogP contribution in [0.3, 0.4) is 0 Å². The number of benzene rings is 1. The van der Waals surface area contributed by atoms with Gasteiger partial charge in [0.15, 0.2) is 0 Å². The molecule has 0 saturated carbocycles. The Hall–Kier alpha value is -2.46. The van der Waals surface area contributed by atoms with E-state index in [1.54, 1.807) is 0 Å². The Bertz CT molecular complexity index is 942. The van der Waals surface area contributed by atoms with E-state index >= 15 is 0 Å². The molecule has 0 radical (unpaired) electrons. The van der Waals surface area contributed by atoms with Crippen LogP contribution in [0.2, 0.25) is 0 Å². The largest absolute Gasteiger partial charge is 0.473 e. The highest BCUT2D eigenvalue weighted by molar-refractivity contribution is 9.11. The summed E-state index contributed by atoms with van der Waals surface area (Å²) in [6.45, 7) is 2.53. The van der Waals surface area contributed by atoms with E-state index in [-0.39, 0.29) is 6.04 Å². The van der Waals surface area contributed by atoms with Crippen molar-refractivity contribution in [2.75, 3.05) is 0 Å². The molecular weight excluding hydrogens is 388 g/mol. The summed E-state index contributed by atoms with van der Waals surface area (Å²) in [5.74, 6) is 0.642. The Morgan fingerprint density at radius 2 is 1.96 bits per heavy atom. The van der Waals surface area contributed by atoms with Gasteiger partial charge < -0.3 is 4.74 Å². The molecule has 3 nitrogen and oxygen atoms in total. The normalized spacial score (nSPS) is 18.5. The first kappa shape index (κ1) is 17.0. The van der Waals surface area contributed by atoms with Gasteiger partial charge in [-0.1, -0.05) is 52.3 Å². The summed E-state index contributed by atoms with van der Waals surface area (Å²) in [6, 6.07) is 14.3. The number of ether oxygens (including phenoxy) is 1. The second kappa shape index (κ2) is 7.42. The molecular formula is C22H19BrN2O. The van der Waals surface area contributed by atoms with Gasteiger partial charge in [-0.05, 0) is 42.7 Å². The van der Waals surface area contributed by atoms with Crippen LogP contribution in [0.25, 0.3) is 5.57 Å². The monoisotopic (exact) mass is 406 g/mol. The molecule has 130 valence electrons. The molecule has 0 amide bonds. The molecule has 26 heavy (non-hydrogen) atoms. The van der Waals surface area contributed by atoms with Crippen molar-refractivity contribution in [3.8, 4) is 5.88 Å². The van der Waals surface area contributed by atoms with E-state index in [2.05, 4.69) is 45.2 Å². The zero-order valence-electron chi connectivity index (χ0n) is 14.5. The maximum absolute atomic E-state index is 5.83. The second-order valence-electron chi connectivity index (χ2n) is 6.42. The summed E-state index contributed by atoms with van der Waals surface area (Å²) < 4.78 is 6.95. The van der Waals surface area contributed by atoms with Gasteiger partial charge in [-0.3, -0.25) is 4.99 Å². The highest BCUT2D eigenvalue weighted by Crippen LogP contribution is 2.31. The molecule has 4 heteroatoms. The van der Waals surface area contributed by atoms with Gasteiger partial charge in [-0.2, -0.15) is 0 Å². The van der Waals surface area contributed by atoms with Gasteiger partial charge in [0, 0.05) is 33.6 Å². The molecule has 1 unspecified atom stereocenters. The average molecular weight is 407 g/mol.